The summed E-state index contributed by atoms with van der Waals surface area (Å²) in [7, 11) is 0. The standard InChI is InChI=1S/C17H16O2/c18-16-9-12-7-8-19-10-15(12)14-6-2-4-11-3-1-5-13(11)17(14)16/h1-2,4-8,12-13,17H,3,9-10H2. The molecule has 3 aliphatic carbocycles. The Kier molecular flexibility index (Phi) is 2.37. The number of carbonyl (C=O) groups is 1. The molecule has 0 aromatic rings. The van der Waals surface area contributed by atoms with Gasteiger partial charge in [-0.1, -0.05) is 36.0 Å². The molecule has 0 saturated heterocycles. The molecule has 0 aromatic carbocycles. The van der Waals surface area contributed by atoms with Crippen molar-refractivity contribution >= 4 is 5.78 Å². The van der Waals surface area contributed by atoms with Crippen LogP contribution in [0.25, 0.3) is 0 Å². The minimum absolute atomic E-state index is 0.0186. The van der Waals surface area contributed by atoms with Gasteiger partial charge in [0, 0.05) is 18.3 Å². The number of rotatable bonds is 0. The lowest BCUT2D eigenvalue weighted by Crippen LogP contribution is -2.33. The predicted octanol–water partition coefficient (Wildman–Crippen LogP) is 3.10. The molecule has 0 saturated carbocycles. The Balaban J connectivity index is 1.87. The Bertz CT molecular complexity index is 586. The third-order valence-electron chi connectivity index (χ3n) is 4.64. The summed E-state index contributed by atoms with van der Waals surface area (Å²) in [6.45, 7) is 0.635. The van der Waals surface area contributed by atoms with Crippen molar-refractivity contribution in [1.29, 1.82) is 0 Å². The van der Waals surface area contributed by atoms with Crippen LogP contribution in [0.3, 0.4) is 0 Å². The van der Waals surface area contributed by atoms with E-state index in [2.05, 4.69) is 30.4 Å². The Labute approximate surface area is 112 Å². The lowest BCUT2D eigenvalue weighted by Gasteiger charge is -2.34. The number of carbonyl (C=O) groups excluding carboxylic acids is 1. The molecule has 0 N–H and O–H groups in total. The fourth-order valence-corrected chi connectivity index (χ4v) is 3.71. The second-order valence-electron chi connectivity index (χ2n) is 5.63. The molecule has 1 aliphatic heterocycles. The van der Waals surface area contributed by atoms with Gasteiger partial charge in [-0.05, 0) is 23.6 Å². The molecule has 0 bridgehead atoms. The highest BCUT2D eigenvalue weighted by Gasteiger charge is 2.40. The molecule has 4 rings (SSSR count). The van der Waals surface area contributed by atoms with E-state index in [4.69, 9.17) is 4.74 Å². The fourth-order valence-electron chi connectivity index (χ4n) is 3.71. The maximum atomic E-state index is 12.6. The number of ether oxygens (including phenoxy) is 1. The molecule has 3 atom stereocenters. The third-order valence-corrected chi connectivity index (χ3v) is 4.64. The first-order chi connectivity index (χ1) is 9.34. The molecule has 19 heavy (non-hydrogen) atoms. The van der Waals surface area contributed by atoms with Gasteiger partial charge in [-0.25, -0.2) is 0 Å². The van der Waals surface area contributed by atoms with E-state index >= 15 is 0 Å². The molecule has 2 heteroatoms. The molecule has 3 unspecified atom stereocenters. The van der Waals surface area contributed by atoms with E-state index in [1.54, 1.807) is 6.26 Å². The van der Waals surface area contributed by atoms with Gasteiger partial charge in [-0.15, -0.1) is 0 Å². The Morgan fingerprint density at radius 3 is 3.16 bits per heavy atom. The summed E-state index contributed by atoms with van der Waals surface area (Å²) < 4.78 is 5.46. The van der Waals surface area contributed by atoms with Crippen LogP contribution in [0.2, 0.25) is 0 Å². The van der Waals surface area contributed by atoms with Crippen LogP contribution in [0.15, 0.2) is 59.4 Å². The molecule has 0 aromatic heterocycles. The number of fused-ring (bicyclic) bond motifs is 4. The smallest absolute Gasteiger partial charge is 0.142 e. The van der Waals surface area contributed by atoms with Crippen molar-refractivity contribution in [2.75, 3.05) is 6.61 Å². The van der Waals surface area contributed by atoms with E-state index in [0.29, 0.717) is 18.8 Å². The second kappa shape index (κ2) is 4.09. The summed E-state index contributed by atoms with van der Waals surface area (Å²) in [5.74, 6) is 0.926. The molecule has 0 fully saturated rings. The molecule has 0 radical (unpaired) electrons. The highest BCUT2D eigenvalue weighted by Crippen LogP contribution is 2.45. The molecule has 0 amide bonds. The Morgan fingerprint density at radius 1 is 1.26 bits per heavy atom. The zero-order chi connectivity index (χ0) is 12.8. The normalized spacial score (nSPS) is 35.3. The fraction of sp³-hybridized carbons (Fsp3) is 0.353. The lowest BCUT2D eigenvalue weighted by atomic mass is 9.70. The summed E-state index contributed by atoms with van der Waals surface area (Å²) in [5.41, 5.74) is 3.88. The number of Topliss-reactive ketones (excluding diaryl/α,β-unsaturated/α-hetero) is 1. The van der Waals surface area contributed by atoms with Crippen LogP contribution in [-0.4, -0.2) is 12.4 Å². The molecular formula is C17H16O2. The van der Waals surface area contributed by atoms with Gasteiger partial charge in [0.1, 0.15) is 12.4 Å². The van der Waals surface area contributed by atoms with Gasteiger partial charge >= 0.3 is 0 Å². The first-order valence-corrected chi connectivity index (χ1v) is 6.92. The van der Waals surface area contributed by atoms with E-state index in [1.807, 2.05) is 6.08 Å². The minimum atomic E-state index is 0.0186. The van der Waals surface area contributed by atoms with E-state index in [-0.39, 0.29) is 17.8 Å². The van der Waals surface area contributed by atoms with Crippen LogP contribution in [0, 0.1) is 17.8 Å². The second-order valence-corrected chi connectivity index (χ2v) is 5.63. The minimum Gasteiger partial charge on any atom is -0.497 e. The van der Waals surface area contributed by atoms with Crippen molar-refractivity contribution in [2.24, 2.45) is 17.8 Å². The van der Waals surface area contributed by atoms with Gasteiger partial charge in [0.05, 0.1) is 12.2 Å². The largest absolute Gasteiger partial charge is 0.497 e. The Hall–Kier alpha value is -1.83. The number of ketones is 1. The van der Waals surface area contributed by atoms with Crippen molar-refractivity contribution in [3.63, 3.8) is 0 Å². The molecule has 2 nitrogen and oxygen atoms in total. The average Bonchev–Trinajstić information content (AvgIpc) is 2.79. The molecule has 0 spiro atoms. The van der Waals surface area contributed by atoms with Crippen molar-refractivity contribution in [3.05, 3.63) is 59.4 Å². The van der Waals surface area contributed by atoms with Crippen LogP contribution in [0.4, 0.5) is 0 Å². The zero-order valence-corrected chi connectivity index (χ0v) is 10.7. The quantitative estimate of drug-likeness (QED) is 0.619. The Morgan fingerprint density at radius 2 is 2.21 bits per heavy atom. The number of allylic oxidation sites excluding steroid dienone is 8. The van der Waals surface area contributed by atoms with Crippen LogP contribution in [0.1, 0.15) is 12.8 Å². The van der Waals surface area contributed by atoms with Crippen LogP contribution in [0.5, 0.6) is 0 Å². The summed E-state index contributed by atoms with van der Waals surface area (Å²) in [5, 5.41) is 0. The number of hydrogen-bond donors (Lipinski definition) is 0. The van der Waals surface area contributed by atoms with Crippen LogP contribution < -0.4 is 0 Å². The predicted molar refractivity (Wildman–Crippen MR) is 73.2 cm³/mol. The van der Waals surface area contributed by atoms with E-state index in [9.17, 15) is 4.79 Å². The maximum absolute atomic E-state index is 12.6. The third kappa shape index (κ3) is 1.59. The van der Waals surface area contributed by atoms with Gasteiger partial charge in [-0.2, -0.15) is 0 Å². The van der Waals surface area contributed by atoms with Gasteiger partial charge in [0.15, 0.2) is 0 Å². The highest BCUT2D eigenvalue weighted by molar-refractivity contribution is 5.88. The van der Waals surface area contributed by atoms with Crippen molar-refractivity contribution < 1.29 is 9.53 Å². The maximum Gasteiger partial charge on any atom is 0.142 e. The summed E-state index contributed by atoms with van der Waals surface area (Å²) >= 11 is 0. The summed E-state index contributed by atoms with van der Waals surface area (Å²) in [4.78, 5) is 12.6. The van der Waals surface area contributed by atoms with Crippen LogP contribution >= 0.6 is 0 Å². The van der Waals surface area contributed by atoms with Gasteiger partial charge < -0.3 is 4.74 Å². The van der Waals surface area contributed by atoms with Gasteiger partial charge in [0.25, 0.3) is 0 Å². The molecule has 4 aliphatic rings. The molecule has 96 valence electrons. The summed E-state index contributed by atoms with van der Waals surface area (Å²) in [6.07, 6.45) is 16.2. The number of hydrogen-bond acceptors (Lipinski definition) is 2. The monoisotopic (exact) mass is 252 g/mol. The first kappa shape index (κ1) is 11.0. The van der Waals surface area contributed by atoms with E-state index in [1.165, 1.54) is 16.7 Å². The SMILES string of the molecule is O=C1CC2C=COCC2=C2C=CC=C3CC=CC3C12. The van der Waals surface area contributed by atoms with Gasteiger partial charge in [-0.3, -0.25) is 4.79 Å². The lowest BCUT2D eigenvalue weighted by molar-refractivity contribution is -0.123. The topological polar surface area (TPSA) is 26.3 Å². The zero-order valence-electron chi connectivity index (χ0n) is 10.7. The van der Waals surface area contributed by atoms with E-state index in [0.717, 1.165) is 6.42 Å². The highest BCUT2D eigenvalue weighted by atomic mass is 16.5. The molecule has 1 heterocycles. The van der Waals surface area contributed by atoms with Gasteiger partial charge in [0.2, 0.25) is 0 Å². The summed E-state index contributed by atoms with van der Waals surface area (Å²) in [6, 6.07) is 0. The van der Waals surface area contributed by atoms with Crippen molar-refractivity contribution in [3.8, 4) is 0 Å². The first-order valence-electron chi connectivity index (χ1n) is 6.92. The van der Waals surface area contributed by atoms with Crippen molar-refractivity contribution in [2.45, 2.75) is 12.8 Å². The van der Waals surface area contributed by atoms with Crippen molar-refractivity contribution in [1.82, 2.24) is 0 Å². The molecular weight excluding hydrogens is 236 g/mol. The van der Waals surface area contributed by atoms with E-state index < -0.39 is 0 Å². The van der Waals surface area contributed by atoms with Crippen LogP contribution in [-0.2, 0) is 9.53 Å². The average molecular weight is 252 g/mol.